The molecule has 3 aromatic rings. The first-order valence-electron chi connectivity index (χ1n) is 7.83. The molecule has 6 heteroatoms. The van der Waals surface area contributed by atoms with Crippen molar-refractivity contribution in [3.05, 3.63) is 88.7 Å². The number of carbonyl (C=O) groups excluding carboxylic acids is 1. The maximum Gasteiger partial charge on any atom is 0.254 e. The summed E-state index contributed by atoms with van der Waals surface area (Å²) in [6.07, 6.45) is 3.02. The van der Waals surface area contributed by atoms with Crippen LogP contribution in [0.4, 0.5) is 5.95 Å². The van der Waals surface area contributed by atoms with Crippen LogP contribution in [-0.2, 0) is 13.1 Å². The number of rotatable bonds is 6. The zero-order valence-corrected chi connectivity index (χ0v) is 14.2. The van der Waals surface area contributed by atoms with Crippen LogP contribution in [0.2, 0.25) is 5.02 Å². The molecule has 0 aliphatic heterocycles. The smallest absolute Gasteiger partial charge is 0.254 e. The van der Waals surface area contributed by atoms with Gasteiger partial charge in [0.2, 0.25) is 5.95 Å². The molecule has 2 aromatic carbocycles. The molecule has 1 heterocycles. The molecule has 3 rings (SSSR count). The Hall–Kier alpha value is -2.92. The maximum absolute atomic E-state index is 12.1. The van der Waals surface area contributed by atoms with E-state index < -0.39 is 0 Å². The van der Waals surface area contributed by atoms with Gasteiger partial charge in [-0.15, -0.1) is 0 Å². The van der Waals surface area contributed by atoms with Crippen molar-refractivity contribution in [2.24, 2.45) is 0 Å². The van der Waals surface area contributed by atoms with Crippen molar-refractivity contribution >= 4 is 23.5 Å². The van der Waals surface area contributed by atoms with Gasteiger partial charge in [0.1, 0.15) is 0 Å². The molecule has 25 heavy (non-hydrogen) atoms. The van der Waals surface area contributed by atoms with Crippen molar-refractivity contribution in [2.45, 2.75) is 13.1 Å². The van der Waals surface area contributed by atoms with Crippen LogP contribution in [-0.4, -0.2) is 15.9 Å². The maximum atomic E-state index is 12.1. The number of nitrogens with zero attached hydrogens (tertiary/aromatic N) is 2. The second-order valence-electron chi connectivity index (χ2n) is 5.44. The fourth-order valence-electron chi connectivity index (χ4n) is 2.20. The lowest BCUT2D eigenvalue weighted by Gasteiger charge is -2.07. The molecule has 0 spiro atoms. The fourth-order valence-corrected chi connectivity index (χ4v) is 2.33. The number of carbonyl (C=O) groups is 1. The number of benzene rings is 2. The molecule has 1 amide bonds. The first kappa shape index (κ1) is 16.9. The molecule has 0 saturated heterocycles. The largest absolute Gasteiger partial charge is 0.350 e. The van der Waals surface area contributed by atoms with Gasteiger partial charge in [-0.1, -0.05) is 54.1 Å². The predicted octanol–water partition coefficient (Wildman–Crippen LogP) is 3.67. The van der Waals surface area contributed by atoms with E-state index in [-0.39, 0.29) is 5.91 Å². The van der Waals surface area contributed by atoms with E-state index in [1.54, 1.807) is 12.1 Å². The average molecular weight is 353 g/mol. The third-order valence-electron chi connectivity index (χ3n) is 3.57. The van der Waals surface area contributed by atoms with E-state index in [0.29, 0.717) is 29.6 Å². The second kappa shape index (κ2) is 8.26. The minimum atomic E-state index is -0.218. The molecule has 0 aliphatic carbocycles. The summed E-state index contributed by atoms with van der Waals surface area (Å²) in [5.74, 6) is 0.266. The molecule has 2 N–H and O–H groups in total. The summed E-state index contributed by atoms with van der Waals surface area (Å²) in [7, 11) is 0. The number of amides is 1. The highest BCUT2D eigenvalue weighted by molar-refractivity contribution is 6.30. The minimum absolute atomic E-state index is 0.218. The van der Waals surface area contributed by atoms with Gasteiger partial charge < -0.3 is 10.6 Å². The lowest BCUT2D eigenvalue weighted by molar-refractivity contribution is 0.0950. The number of aromatic nitrogens is 2. The molecular weight excluding hydrogens is 336 g/mol. The third kappa shape index (κ3) is 5.02. The van der Waals surface area contributed by atoms with Crippen molar-refractivity contribution < 1.29 is 4.79 Å². The standard InChI is InChI=1S/C19H17ClN4O/c20-17-8-6-15(7-9-17)10-21-18(25)16-12-23-19(24-13-16)22-11-14-4-2-1-3-5-14/h1-9,12-13H,10-11H2,(H,21,25)(H,22,23,24). The van der Waals surface area contributed by atoms with Crippen LogP contribution < -0.4 is 10.6 Å². The van der Waals surface area contributed by atoms with Crippen LogP contribution in [0.5, 0.6) is 0 Å². The molecule has 0 radical (unpaired) electrons. The van der Waals surface area contributed by atoms with E-state index in [2.05, 4.69) is 20.6 Å². The molecule has 0 aliphatic rings. The van der Waals surface area contributed by atoms with Crippen molar-refractivity contribution in [3.8, 4) is 0 Å². The molecule has 126 valence electrons. The Morgan fingerprint density at radius 1 is 0.880 bits per heavy atom. The van der Waals surface area contributed by atoms with Crippen LogP contribution in [0, 0.1) is 0 Å². The lowest BCUT2D eigenvalue weighted by atomic mass is 10.2. The summed E-state index contributed by atoms with van der Waals surface area (Å²) in [6.45, 7) is 1.05. The van der Waals surface area contributed by atoms with E-state index in [1.807, 2.05) is 42.5 Å². The Morgan fingerprint density at radius 2 is 1.52 bits per heavy atom. The molecule has 0 fully saturated rings. The minimum Gasteiger partial charge on any atom is -0.350 e. The quantitative estimate of drug-likeness (QED) is 0.710. The van der Waals surface area contributed by atoms with Crippen molar-refractivity contribution in [1.29, 1.82) is 0 Å². The number of anilines is 1. The van der Waals surface area contributed by atoms with Gasteiger partial charge in [-0.25, -0.2) is 9.97 Å². The SMILES string of the molecule is O=C(NCc1ccc(Cl)cc1)c1cnc(NCc2ccccc2)nc1. The zero-order valence-electron chi connectivity index (χ0n) is 13.4. The average Bonchev–Trinajstić information content (AvgIpc) is 2.67. The Labute approximate surface area is 151 Å². The van der Waals surface area contributed by atoms with Gasteiger partial charge in [0.15, 0.2) is 0 Å². The first-order chi connectivity index (χ1) is 12.2. The molecule has 0 atom stereocenters. The summed E-state index contributed by atoms with van der Waals surface area (Å²) in [6, 6.07) is 17.3. The number of halogens is 1. The van der Waals surface area contributed by atoms with Crippen molar-refractivity contribution in [3.63, 3.8) is 0 Å². The summed E-state index contributed by atoms with van der Waals surface area (Å²) < 4.78 is 0. The van der Waals surface area contributed by atoms with Gasteiger partial charge in [-0.2, -0.15) is 0 Å². The summed E-state index contributed by atoms with van der Waals surface area (Å²) >= 11 is 5.84. The molecule has 0 unspecified atom stereocenters. The van der Waals surface area contributed by atoms with Crippen LogP contribution in [0.15, 0.2) is 67.0 Å². The van der Waals surface area contributed by atoms with E-state index >= 15 is 0 Å². The highest BCUT2D eigenvalue weighted by Crippen LogP contribution is 2.09. The summed E-state index contributed by atoms with van der Waals surface area (Å²) in [4.78, 5) is 20.5. The highest BCUT2D eigenvalue weighted by atomic mass is 35.5. The highest BCUT2D eigenvalue weighted by Gasteiger charge is 2.07. The van der Waals surface area contributed by atoms with Crippen LogP contribution in [0.3, 0.4) is 0 Å². The Balaban J connectivity index is 1.52. The topological polar surface area (TPSA) is 66.9 Å². The van der Waals surface area contributed by atoms with Crippen LogP contribution >= 0.6 is 11.6 Å². The fraction of sp³-hybridized carbons (Fsp3) is 0.105. The Morgan fingerprint density at radius 3 is 2.20 bits per heavy atom. The summed E-state index contributed by atoms with van der Waals surface area (Å²) in [5, 5.41) is 6.62. The first-order valence-corrected chi connectivity index (χ1v) is 8.21. The van der Waals surface area contributed by atoms with Crippen LogP contribution in [0.1, 0.15) is 21.5 Å². The van der Waals surface area contributed by atoms with Gasteiger partial charge in [0, 0.05) is 30.5 Å². The van der Waals surface area contributed by atoms with E-state index in [0.717, 1.165) is 11.1 Å². The monoisotopic (exact) mass is 352 g/mol. The van der Waals surface area contributed by atoms with Gasteiger partial charge in [0.25, 0.3) is 5.91 Å². The van der Waals surface area contributed by atoms with E-state index in [9.17, 15) is 4.79 Å². The van der Waals surface area contributed by atoms with Crippen molar-refractivity contribution in [2.75, 3.05) is 5.32 Å². The van der Waals surface area contributed by atoms with E-state index in [1.165, 1.54) is 12.4 Å². The Bertz CT molecular complexity index is 820. The lowest BCUT2D eigenvalue weighted by Crippen LogP contribution is -2.23. The van der Waals surface area contributed by atoms with Gasteiger partial charge in [-0.3, -0.25) is 4.79 Å². The summed E-state index contributed by atoms with van der Waals surface area (Å²) in [5.41, 5.74) is 2.52. The zero-order chi connectivity index (χ0) is 17.5. The number of hydrogen-bond acceptors (Lipinski definition) is 4. The van der Waals surface area contributed by atoms with Gasteiger partial charge in [0.05, 0.1) is 5.56 Å². The van der Waals surface area contributed by atoms with Gasteiger partial charge >= 0.3 is 0 Å². The normalized spacial score (nSPS) is 10.3. The molecule has 5 nitrogen and oxygen atoms in total. The van der Waals surface area contributed by atoms with Crippen LogP contribution in [0.25, 0.3) is 0 Å². The number of nitrogens with one attached hydrogen (secondary N) is 2. The molecular formula is C19H17ClN4O. The predicted molar refractivity (Wildman–Crippen MR) is 98.4 cm³/mol. The van der Waals surface area contributed by atoms with Gasteiger partial charge in [-0.05, 0) is 23.3 Å². The van der Waals surface area contributed by atoms with Crippen molar-refractivity contribution in [1.82, 2.24) is 15.3 Å². The number of hydrogen-bond donors (Lipinski definition) is 2. The second-order valence-corrected chi connectivity index (χ2v) is 5.88. The molecule has 0 bridgehead atoms. The molecule has 0 saturated carbocycles. The van der Waals surface area contributed by atoms with E-state index in [4.69, 9.17) is 11.6 Å². The molecule has 1 aromatic heterocycles. The third-order valence-corrected chi connectivity index (χ3v) is 3.83. The Kier molecular flexibility index (Phi) is 5.59.